The van der Waals surface area contributed by atoms with Crippen molar-refractivity contribution in [2.75, 3.05) is 12.0 Å². The second-order valence-corrected chi connectivity index (χ2v) is 5.57. The lowest BCUT2D eigenvalue weighted by Crippen LogP contribution is -2.54. The minimum atomic E-state index is -0.762. The van der Waals surface area contributed by atoms with Crippen molar-refractivity contribution < 1.29 is 19.1 Å². The van der Waals surface area contributed by atoms with Crippen molar-refractivity contribution in [1.82, 2.24) is 5.32 Å². The average molecular weight is 336 g/mol. The zero-order chi connectivity index (χ0) is 18.0. The number of hydrogen-bond donors (Lipinski definition) is 1. The largest absolute Gasteiger partial charge is 0.497 e. The highest BCUT2D eigenvalue weighted by molar-refractivity contribution is 6.39. The number of amides is 4. The molecule has 0 aliphatic carbocycles. The molecule has 1 heterocycles. The lowest BCUT2D eigenvalue weighted by molar-refractivity contribution is -0.122. The van der Waals surface area contributed by atoms with E-state index in [1.54, 1.807) is 48.5 Å². The number of nitrogens with zero attached hydrogens (tertiary/aromatic N) is 1. The van der Waals surface area contributed by atoms with Crippen molar-refractivity contribution in [1.29, 1.82) is 0 Å². The van der Waals surface area contributed by atoms with Gasteiger partial charge < -0.3 is 4.74 Å². The molecule has 1 saturated heterocycles. The van der Waals surface area contributed by atoms with Crippen molar-refractivity contribution in [2.24, 2.45) is 0 Å². The van der Waals surface area contributed by atoms with Gasteiger partial charge in [0, 0.05) is 0 Å². The summed E-state index contributed by atoms with van der Waals surface area (Å²) in [6.45, 7) is 1.90. The van der Waals surface area contributed by atoms with E-state index in [4.69, 9.17) is 4.74 Å². The van der Waals surface area contributed by atoms with Crippen LogP contribution in [-0.2, 0) is 9.59 Å². The lowest BCUT2D eigenvalue weighted by atomic mass is 10.1. The van der Waals surface area contributed by atoms with Crippen LogP contribution < -0.4 is 15.0 Å². The van der Waals surface area contributed by atoms with E-state index in [0.29, 0.717) is 17.0 Å². The molecule has 0 aromatic heterocycles. The molecule has 1 aliphatic heterocycles. The Kier molecular flexibility index (Phi) is 4.35. The zero-order valence-electron chi connectivity index (χ0n) is 13.8. The Morgan fingerprint density at radius 1 is 1.04 bits per heavy atom. The number of carbonyl (C=O) groups is 3. The number of nitrogens with one attached hydrogen (secondary N) is 1. The van der Waals surface area contributed by atoms with Gasteiger partial charge >= 0.3 is 6.03 Å². The van der Waals surface area contributed by atoms with Crippen molar-refractivity contribution in [3.05, 3.63) is 65.2 Å². The van der Waals surface area contributed by atoms with E-state index in [1.807, 2.05) is 6.92 Å². The first-order chi connectivity index (χ1) is 12.0. The first-order valence-electron chi connectivity index (χ1n) is 7.62. The Morgan fingerprint density at radius 2 is 1.76 bits per heavy atom. The first-order valence-corrected chi connectivity index (χ1v) is 7.62. The van der Waals surface area contributed by atoms with Crippen molar-refractivity contribution in [3.8, 4) is 5.75 Å². The molecule has 1 N–H and O–H groups in total. The minimum absolute atomic E-state index is 0.117. The maximum absolute atomic E-state index is 12.7. The standard InChI is InChI=1S/C19H16N2O4/c1-12-6-8-14(9-7-12)21-18(23)16(17(22)20-19(21)24)11-13-4-3-5-15(10-13)25-2/h3-11H,1-2H3,(H,20,22,24). The Labute approximate surface area is 144 Å². The smallest absolute Gasteiger partial charge is 0.335 e. The predicted molar refractivity (Wildman–Crippen MR) is 93.2 cm³/mol. The van der Waals surface area contributed by atoms with Gasteiger partial charge in [0.2, 0.25) is 0 Å². The third-order valence-corrected chi connectivity index (χ3v) is 3.80. The summed E-state index contributed by atoms with van der Waals surface area (Å²) in [6.07, 6.45) is 1.44. The molecule has 6 nitrogen and oxygen atoms in total. The molecule has 0 saturated carbocycles. The molecule has 0 bridgehead atoms. The fourth-order valence-corrected chi connectivity index (χ4v) is 2.48. The molecule has 6 heteroatoms. The number of urea groups is 1. The summed E-state index contributed by atoms with van der Waals surface area (Å²) < 4.78 is 5.14. The summed E-state index contributed by atoms with van der Waals surface area (Å²) in [5.74, 6) is -0.786. The molecule has 3 rings (SSSR count). The quantitative estimate of drug-likeness (QED) is 0.691. The van der Waals surface area contributed by atoms with E-state index >= 15 is 0 Å². The number of carbonyl (C=O) groups excluding carboxylic acids is 3. The van der Waals surface area contributed by atoms with Crippen LogP contribution in [0.25, 0.3) is 6.08 Å². The molecule has 4 amide bonds. The van der Waals surface area contributed by atoms with Gasteiger partial charge in [-0.3, -0.25) is 14.9 Å². The van der Waals surface area contributed by atoms with Gasteiger partial charge in [-0.05, 0) is 42.8 Å². The Morgan fingerprint density at radius 3 is 2.44 bits per heavy atom. The molecule has 1 fully saturated rings. The Balaban J connectivity index is 2.00. The van der Waals surface area contributed by atoms with Crippen LogP contribution in [0, 0.1) is 6.92 Å². The van der Waals surface area contributed by atoms with Gasteiger partial charge in [-0.1, -0.05) is 29.8 Å². The number of imide groups is 2. The molecule has 0 atom stereocenters. The van der Waals surface area contributed by atoms with Crippen LogP contribution in [-0.4, -0.2) is 25.0 Å². The van der Waals surface area contributed by atoms with Crippen LogP contribution in [0.3, 0.4) is 0 Å². The van der Waals surface area contributed by atoms with Gasteiger partial charge in [0.05, 0.1) is 12.8 Å². The normalized spacial score (nSPS) is 16.2. The fourth-order valence-electron chi connectivity index (χ4n) is 2.48. The summed E-state index contributed by atoms with van der Waals surface area (Å²) >= 11 is 0. The van der Waals surface area contributed by atoms with Gasteiger partial charge in [-0.25, -0.2) is 9.69 Å². The molecular formula is C19H16N2O4. The third kappa shape index (κ3) is 3.28. The number of methoxy groups -OCH3 is 1. The fraction of sp³-hybridized carbons (Fsp3) is 0.105. The van der Waals surface area contributed by atoms with E-state index in [1.165, 1.54) is 13.2 Å². The topological polar surface area (TPSA) is 75.7 Å². The summed E-state index contributed by atoms with van der Waals surface area (Å²) in [6, 6.07) is 13.1. The van der Waals surface area contributed by atoms with Crippen LogP contribution in [0.2, 0.25) is 0 Å². The molecule has 0 radical (unpaired) electrons. The van der Waals surface area contributed by atoms with E-state index in [0.717, 1.165) is 10.5 Å². The number of barbiturate groups is 1. The van der Waals surface area contributed by atoms with Gasteiger partial charge in [0.1, 0.15) is 11.3 Å². The van der Waals surface area contributed by atoms with Crippen LogP contribution in [0.5, 0.6) is 5.75 Å². The van der Waals surface area contributed by atoms with Crippen molar-refractivity contribution in [3.63, 3.8) is 0 Å². The van der Waals surface area contributed by atoms with Gasteiger partial charge in [-0.2, -0.15) is 0 Å². The SMILES string of the molecule is COc1cccc(C=C2C(=O)NC(=O)N(c3ccc(C)cc3)C2=O)c1. The molecule has 0 spiro atoms. The molecule has 25 heavy (non-hydrogen) atoms. The highest BCUT2D eigenvalue weighted by Crippen LogP contribution is 2.23. The lowest BCUT2D eigenvalue weighted by Gasteiger charge is -2.26. The second-order valence-electron chi connectivity index (χ2n) is 5.57. The maximum Gasteiger partial charge on any atom is 0.335 e. The summed E-state index contributed by atoms with van der Waals surface area (Å²) in [5, 5.41) is 2.20. The van der Waals surface area contributed by atoms with Crippen LogP contribution >= 0.6 is 0 Å². The van der Waals surface area contributed by atoms with Gasteiger partial charge in [0.25, 0.3) is 11.8 Å². The third-order valence-electron chi connectivity index (χ3n) is 3.80. The maximum atomic E-state index is 12.7. The van der Waals surface area contributed by atoms with Gasteiger partial charge in [-0.15, -0.1) is 0 Å². The van der Waals surface area contributed by atoms with Crippen molar-refractivity contribution in [2.45, 2.75) is 6.92 Å². The number of ether oxygens (including phenoxy) is 1. The second kappa shape index (κ2) is 6.60. The van der Waals surface area contributed by atoms with Crippen molar-refractivity contribution >= 4 is 29.6 Å². The Hall–Kier alpha value is -3.41. The molecule has 0 unspecified atom stereocenters. The minimum Gasteiger partial charge on any atom is -0.497 e. The van der Waals surface area contributed by atoms with E-state index < -0.39 is 17.8 Å². The molecule has 2 aromatic carbocycles. The number of hydrogen-bond acceptors (Lipinski definition) is 4. The molecule has 126 valence electrons. The Bertz CT molecular complexity index is 885. The van der Waals surface area contributed by atoms with Crippen LogP contribution in [0.15, 0.2) is 54.1 Å². The predicted octanol–water partition coefficient (Wildman–Crippen LogP) is 2.67. The summed E-state index contributed by atoms with van der Waals surface area (Å²) in [4.78, 5) is 37.9. The highest BCUT2D eigenvalue weighted by Gasteiger charge is 2.36. The van der Waals surface area contributed by atoms with Crippen LogP contribution in [0.4, 0.5) is 10.5 Å². The summed E-state index contributed by atoms with van der Waals surface area (Å²) in [5.41, 5.74) is 1.90. The number of benzene rings is 2. The van der Waals surface area contributed by atoms with E-state index in [-0.39, 0.29) is 5.57 Å². The number of anilines is 1. The highest BCUT2D eigenvalue weighted by atomic mass is 16.5. The van der Waals surface area contributed by atoms with E-state index in [2.05, 4.69) is 5.32 Å². The first kappa shape index (κ1) is 16.4. The molecule has 1 aliphatic rings. The molecule has 2 aromatic rings. The van der Waals surface area contributed by atoms with Gasteiger partial charge in [0.15, 0.2) is 0 Å². The number of rotatable bonds is 3. The zero-order valence-corrected chi connectivity index (χ0v) is 13.8. The molecular weight excluding hydrogens is 320 g/mol. The van der Waals surface area contributed by atoms with Crippen LogP contribution in [0.1, 0.15) is 11.1 Å². The summed E-state index contributed by atoms with van der Waals surface area (Å²) in [7, 11) is 1.53. The van der Waals surface area contributed by atoms with E-state index in [9.17, 15) is 14.4 Å². The number of aryl methyl sites for hydroxylation is 1. The monoisotopic (exact) mass is 336 g/mol. The average Bonchev–Trinajstić information content (AvgIpc) is 2.60.